The van der Waals surface area contributed by atoms with Gasteiger partial charge in [-0.2, -0.15) is 0 Å². The smallest absolute Gasteiger partial charge is 0.161 e. The molecular weight excluding hydrogens is 386 g/mol. The van der Waals surface area contributed by atoms with E-state index in [2.05, 4.69) is 13.0 Å². The van der Waals surface area contributed by atoms with Crippen molar-refractivity contribution in [1.82, 2.24) is 9.97 Å². The van der Waals surface area contributed by atoms with Crippen LogP contribution < -0.4 is 15.2 Å². The van der Waals surface area contributed by atoms with Crippen LogP contribution in [0.4, 0.5) is 5.69 Å². The first kappa shape index (κ1) is 22.3. The summed E-state index contributed by atoms with van der Waals surface area (Å²) in [5.41, 5.74) is 10.8. The van der Waals surface area contributed by atoms with Crippen molar-refractivity contribution in [2.45, 2.75) is 40.0 Å². The SMILES string of the molecule is CC.CCCc1ncc(Cc2ccc3cccc(N)c3n2)c2cc(OC)c(OC)cc12. The molecule has 4 aromatic rings. The summed E-state index contributed by atoms with van der Waals surface area (Å²) in [5, 5.41) is 3.26. The van der Waals surface area contributed by atoms with Gasteiger partial charge in [0.2, 0.25) is 0 Å². The number of ether oxygens (including phenoxy) is 2. The Kier molecular flexibility index (Phi) is 7.29. The number of hydrogen-bond donors (Lipinski definition) is 1. The van der Waals surface area contributed by atoms with Gasteiger partial charge in [0.25, 0.3) is 0 Å². The van der Waals surface area contributed by atoms with Crippen molar-refractivity contribution in [2.24, 2.45) is 0 Å². The van der Waals surface area contributed by atoms with Gasteiger partial charge in [-0.3, -0.25) is 9.97 Å². The quantitative estimate of drug-likeness (QED) is 0.392. The lowest BCUT2D eigenvalue weighted by molar-refractivity contribution is 0.356. The Labute approximate surface area is 184 Å². The van der Waals surface area contributed by atoms with Gasteiger partial charge in [-0.25, -0.2) is 0 Å². The Morgan fingerprint density at radius 1 is 0.935 bits per heavy atom. The van der Waals surface area contributed by atoms with E-state index >= 15 is 0 Å². The number of hydrogen-bond acceptors (Lipinski definition) is 5. The zero-order valence-corrected chi connectivity index (χ0v) is 19.0. The summed E-state index contributed by atoms with van der Waals surface area (Å²) >= 11 is 0. The Morgan fingerprint density at radius 3 is 2.32 bits per heavy atom. The standard InChI is InChI=1S/C24H25N3O2.C2H6/c1-4-6-21-19-13-23(29-3)22(28-2)12-18(19)16(14-26-21)11-17-10-9-15-7-5-8-20(25)24(15)27-17;1-2/h5,7-10,12-14H,4,6,11,25H2,1-3H3;1-2H3. The lowest BCUT2D eigenvalue weighted by Gasteiger charge is -2.14. The molecular formula is C26H31N3O2. The number of nitrogens with zero attached hydrogens (tertiary/aromatic N) is 2. The zero-order chi connectivity index (χ0) is 22.4. The van der Waals surface area contributed by atoms with Crippen LogP contribution in [0.25, 0.3) is 21.7 Å². The molecule has 31 heavy (non-hydrogen) atoms. The largest absolute Gasteiger partial charge is 0.493 e. The van der Waals surface area contributed by atoms with Crippen LogP contribution in [0.3, 0.4) is 0 Å². The van der Waals surface area contributed by atoms with Crippen LogP contribution in [0, 0.1) is 0 Å². The van der Waals surface area contributed by atoms with Crippen LogP contribution in [0.5, 0.6) is 11.5 Å². The minimum atomic E-state index is 0.662. The van der Waals surface area contributed by atoms with E-state index in [1.807, 2.05) is 56.4 Å². The molecule has 0 fully saturated rings. The highest BCUT2D eigenvalue weighted by Gasteiger charge is 2.14. The number of pyridine rings is 2. The number of methoxy groups -OCH3 is 2. The topological polar surface area (TPSA) is 70.3 Å². The third kappa shape index (κ3) is 4.55. The molecule has 0 saturated heterocycles. The minimum Gasteiger partial charge on any atom is -0.493 e. The van der Waals surface area contributed by atoms with Crippen molar-refractivity contribution in [3.05, 3.63) is 65.6 Å². The van der Waals surface area contributed by atoms with Crippen molar-refractivity contribution in [3.8, 4) is 11.5 Å². The fraction of sp³-hybridized carbons (Fsp3) is 0.308. The first-order valence-corrected chi connectivity index (χ1v) is 10.8. The van der Waals surface area contributed by atoms with Gasteiger partial charge in [-0.05, 0) is 41.6 Å². The van der Waals surface area contributed by atoms with Gasteiger partial charge in [-0.1, -0.05) is 45.4 Å². The summed E-state index contributed by atoms with van der Waals surface area (Å²) in [6.07, 6.45) is 4.56. The van der Waals surface area contributed by atoms with Gasteiger partial charge >= 0.3 is 0 Å². The number of benzene rings is 2. The number of aryl methyl sites for hydroxylation is 1. The highest BCUT2D eigenvalue weighted by molar-refractivity contribution is 5.91. The van der Waals surface area contributed by atoms with Crippen molar-refractivity contribution in [1.29, 1.82) is 0 Å². The molecule has 0 unspecified atom stereocenters. The van der Waals surface area contributed by atoms with Gasteiger partial charge in [0, 0.05) is 34.8 Å². The summed E-state index contributed by atoms with van der Waals surface area (Å²) in [5.74, 6) is 1.43. The first-order chi connectivity index (χ1) is 15.1. The van der Waals surface area contributed by atoms with Crippen LogP contribution in [0.2, 0.25) is 0 Å². The van der Waals surface area contributed by atoms with Crippen LogP contribution in [-0.2, 0) is 12.8 Å². The molecule has 4 rings (SSSR count). The molecule has 0 aliphatic carbocycles. The average Bonchev–Trinajstić information content (AvgIpc) is 2.81. The van der Waals surface area contributed by atoms with Gasteiger partial charge < -0.3 is 15.2 Å². The monoisotopic (exact) mass is 417 g/mol. The molecule has 0 atom stereocenters. The van der Waals surface area contributed by atoms with Crippen LogP contribution in [0.1, 0.15) is 44.1 Å². The summed E-state index contributed by atoms with van der Waals surface area (Å²) in [4.78, 5) is 9.56. The van der Waals surface area contributed by atoms with Crippen LogP contribution in [-0.4, -0.2) is 24.2 Å². The van der Waals surface area contributed by atoms with Gasteiger partial charge in [-0.15, -0.1) is 0 Å². The minimum absolute atomic E-state index is 0.662. The molecule has 2 aromatic heterocycles. The second kappa shape index (κ2) is 10.1. The number of rotatable bonds is 6. The summed E-state index contributed by atoms with van der Waals surface area (Å²) < 4.78 is 11.1. The summed E-state index contributed by atoms with van der Waals surface area (Å²) in [6, 6.07) is 14.0. The summed E-state index contributed by atoms with van der Waals surface area (Å²) in [7, 11) is 3.31. The molecule has 0 aliphatic rings. The Balaban J connectivity index is 0.00000132. The zero-order valence-electron chi connectivity index (χ0n) is 19.0. The molecule has 0 spiro atoms. The van der Waals surface area contributed by atoms with E-state index in [1.165, 1.54) is 0 Å². The van der Waals surface area contributed by atoms with Crippen molar-refractivity contribution >= 4 is 27.4 Å². The molecule has 5 nitrogen and oxygen atoms in total. The van der Waals surface area contributed by atoms with E-state index in [0.717, 1.165) is 51.5 Å². The number of aromatic nitrogens is 2. The number of anilines is 1. The molecule has 0 radical (unpaired) electrons. The lowest BCUT2D eigenvalue weighted by atomic mass is 9.99. The van der Waals surface area contributed by atoms with E-state index in [-0.39, 0.29) is 0 Å². The highest BCUT2D eigenvalue weighted by atomic mass is 16.5. The third-order valence-electron chi connectivity index (χ3n) is 5.22. The molecule has 162 valence electrons. The fourth-order valence-electron chi connectivity index (χ4n) is 3.76. The number of para-hydroxylation sites is 1. The maximum absolute atomic E-state index is 6.13. The van der Waals surface area contributed by atoms with E-state index in [4.69, 9.17) is 25.2 Å². The van der Waals surface area contributed by atoms with Gasteiger partial charge in [0.05, 0.1) is 25.4 Å². The molecule has 2 heterocycles. The molecule has 5 heteroatoms. The van der Waals surface area contributed by atoms with Gasteiger partial charge in [0.15, 0.2) is 11.5 Å². The Morgan fingerprint density at radius 2 is 1.65 bits per heavy atom. The Bertz CT molecular complexity index is 1190. The fourth-order valence-corrected chi connectivity index (χ4v) is 3.76. The number of nitrogen functional groups attached to an aromatic ring is 1. The summed E-state index contributed by atoms with van der Waals surface area (Å²) in [6.45, 7) is 6.16. The molecule has 0 saturated carbocycles. The average molecular weight is 418 g/mol. The Hall–Kier alpha value is -3.34. The third-order valence-corrected chi connectivity index (χ3v) is 5.22. The normalized spacial score (nSPS) is 10.6. The van der Waals surface area contributed by atoms with E-state index < -0.39 is 0 Å². The predicted octanol–water partition coefficient (Wildman–Crippen LogP) is 5.95. The predicted molar refractivity (Wildman–Crippen MR) is 129 cm³/mol. The lowest BCUT2D eigenvalue weighted by Crippen LogP contribution is -2.01. The molecule has 0 aliphatic heterocycles. The maximum atomic E-state index is 6.13. The number of fused-ring (bicyclic) bond motifs is 2. The van der Waals surface area contributed by atoms with Crippen molar-refractivity contribution in [2.75, 3.05) is 20.0 Å². The van der Waals surface area contributed by atoms with E-state index in [1.54, 1.807) is 14.2 Å². The van der Waals surface area contributed by atoms with Crippen LogP contribution in [0.15, 0.2) is 48.7 Å². The van der Waals surface area contributed by atoms with Crippen molar-refractivity contribution < 1.29 is 9.47 Å². The maximum Gasteiger partial charge on any atom is 0.161 e. The number of nitrogens with two attached hydrogens (primary N) is 1. The second-order valence-electron chi connectivity index (χ2n) is 7.13. The van der Waals surface area contributed by atoms with Crippen LogP contribution >= 0.6 is 0 Å². The molecule has 0 bridgehead atoms. The highest BCUT2D eigenvalue weighted by Crippen LogP contribution is 2.35. The second-order valence-corrected chi connectivity index (χ2v) is 7.13. The first-order valence-electron chi connectivity index (χ1n) is 10.8. The van der Waals surface area contributed by atoms with E-state index in [0.29, 0.717) is 23.6 Å². The molecule has 2 N–H and O–H groups in total. The van der Waals surface area contributed by atoms with Crippen molar-refractivity contribution in [3.63, 3.8) is 0 Å². The molecule has 2 aromatic carbocycles. The molecule has 0 amide bonds. The van der Waals surface area contributed by atoms with E-state index in [9.17, 15) is 0 Å². The van der Waals surface area contributed by atoms with Gasteiger partial charge in [0.1, 0.15) is 0 Å².